The molecule has 0 aliphatic heterocycles. The molecular formula is C22H21FN2O4. The van der Waals surface area contributed by atoms with Gasteiger partial charge < -0.3 is 14.5 Å². The van der Waals surface area contributed by atoms with E-state index in [1.54, 1.807) is 26.0 Å². The number of nitrogens with one attached hydrogen (secondary N) is 1. The highest BCUT2D eigenvalue weighted by Crippen LogP contribution is 2.22. The van der Waals surface area contributed by atoms with Crippen molar-refractivity contribution in [3.05, 3.63) is 77.4 Å². The molecule has 29 heavy (non-hydrogen) atoms. The van der Waals surface area contributed by atoms with E-state index in [0.717, 1.165) is 11.1 Å². The summed E-state index contributed by atoms with van der Waals surface area (Å²) < 4.78 is 23.8. The van der Waals surface area contributed by atoms with E-state index in [1.807, 2.05) is 30.3 Å². The number of nitrogens with zero attached hydrogens (tertiary/aromatic N) is 1. The number of hydrogen-bond acceptors (Lipinski definition) is 5. The molecule has 7 heteroatoms. The van der Waals surface area contributed by atoms with Gasteiger partial charge in [-0.05, 0) is 50.6 Å². The van der Waals surface area contributed by atoms with Crippen molar-refractivity contribution >= 4 is 11.9 Å². The molecule has 0 unspecified atom stereocenters. The maximum atomic E-state index is 13.0. The first-order chi connectivity index (χ1) is 13.8. The van der Waals surface area contributed by atoms with Crippen LogP contribution in [-0.2, 0) is 9.53 Å². The number of hydrogen-bond donors (Lipinski definition) is 1. The van der Waals surface area contributed by atoms with Crippen LogP contribution in [0.25, 0.3) is 11.5 Å². The van der Waals surface area contributed by atoms with Gasteiger partial charge in [0.2, 0.25) is 5.89 Å². The van der Waals surface area contributed by atoms with Crippen LogP contribution in [0.2, 0.25) is 0 Å². The predicted molar refractivity (Wildman–Crippen MR) is 105 cm³/mol. The van der Waals surface area contributed by atoms with Crippen LogP contribution in [0.15, 0.2) is 59.0 Å². The summed E-state index contributed by atoms with van der Waals surface area (Å²) in [5.41, 5.74) is 1.49. The van der Waals surface area contributed by atoms with Crippen LogP contribution in [0, 0.1) is 12.7 Å². The zero-order valence-electron chi connectivity index (χ0n) is 16.3. The largest absolute Gasteiger partial charge is 0.448 e. The standard InChI is InChI=1S/C22H21FN2O4/c1-13(16-9-11-18(23)12-10-16)24-20(26)15(3)29-22(27)19-14(2)28-21(25-19)17-7-5-4-6-8-17/h4-13,15H,1-3H3,(H,24,26)/t13-,15-/m1/s1. The normalized spacial score (nSPS) is 12.8. The van der Waals surface area contributed by atoms with Crippen molar-refractivity contribution in [2.45, 2.75) is 32.9 Å². The Morgan fingerprint density at radius 2 is 1.72 bits per heavy atom. The summed E-state index contributed by atoms with van der Waals surface area (Å²) in [7, 11) is 0. The molecular weight excluding hydrogens is 375 g/mol. The number of amides is 1. The summed E-state index contributed by atoms with van der Waals surface area (Å²) in [6.07, 6.45) is -1.04. The number of ether oxygens (including phenoxy) is 1. The molecule has 1 N–H and O–H groups in total. The van der Waals surface area contributed by atoms with E-state index in [1.165, 1.54) is 19.1 Å². The smallest absolute Gasteiger partial charge is 0.361 e. The fourth-order valence-corrected chi connectivity index (χ4v) is 2.73. The maximum absolute atomic E-state index is 13.0. The predicted octanol–water partition coefficient (Wildman–Crippen LogP) is 4.21. The Labute approximate surface area is 167 Å². The van der Waals surface area contributed by atoms with Crippen molar-refractivity contribution in [1.29, 1.82) is 0 Å². The molecule has 0 aliphatic carbocycles. The molecule has 3 rings (SSSR count). The van der Waals surface area contributed by atoms with E-state index >= 15 is 0 Å². The van der Waals surface area contributed by atoms with Crippen LogP contribution >= 0.6 is 0 Å². The minimum Gasteiger partial charge on any atom is -0.448 e. The van der Waals surface area contributed by atoms with Gasteiger partial charge in [0.1, 0.15) is 11.6 Å². The summed E-state index contributed by atoms with van der Waals surface area (Å²) >= 11 is 0. The number of carbonyl (C=O) groups is 2. The summed E-state index contributed by atoms with van der Waals surface area (Å²) in [6, 6.07) is 14.6. The Morgan fingerprint density at radius 3 is 2.38 bits per heavy atom. The molecule has 0 fully saturated rings. The summed E-state index contributed by atoms with van der Waals surface area (Å²) in [4.78, 5) is 29.0. The third-order valence-electron chi connectivity index (χ3n) is 4.39. The maximum Gasteiger partial charge on any atom is 0.361 e. The van der Waals surface area contributed by atoms with Crippen molar-refractivity contribution in [2.24, 2.45) is 0 Å². The van der Waals surface area contributed by atoms with Crippen molar-refractivity contribution in [3.8, 4) is 11.5 Å². The number of esters is 1. The minimum absolute atomic E-state index is 0.0232. The number of rotatable bonds is 6. The lowest BCUT2D eigenvalue weighted by atomic mass is 10.1. The number of aryl methyl sites for hydroxylation is 1. The minimum atomic E-state index is -1.04. The van der Waals surface area contributed by atoms with E-state index in [0.29, 0.717) is 11.7 Å². The van der Waals surface area contributed by atoms with Crippen molar-refractivity contribution in [2.75, 3.05) is 0 Å². The second-order valence-corrected chi connectivity index (χ2v) is 6.62. The zero-order valence-corrected chi connectivity index (χ0v) is 16.3. The Balaban J connectivity index is 1.63. The monoisotopic (exact) mass is 396 g/mol. The number of carbonyl (C=O) groups excluding carboxylic acids is 2. The quantitative estimate of drug-likeness (QED) is 0.631. The highest BCUT2D eigenvalue weighted by molar-refractivity contribution is 5.91. The van der Waals surface area contributed by atoms with E-state index in [9.17, 15) is 14.0 Å². The van der Waals surface area contributed by atoms with Gasteiger partial charge >= 0.3 is 5.97 Å². The third-order valence-corrected chi connectivity index (χ3v) is 4.39. The van der Waals surface area contributed by atoms with Gasteiger partial charge in [-0.2, -0.15) is 0 Å². The van der Waals surface area contributed by atoms with Crippen molar-refractivity contribution in [3.63, 3.8) is 0 Å². The molecule has 0 spiro atoms. The molecule has 6 nitrogen and oxygen atoms in total. The average Bonchev–Trinajstić information content (AvgIpc) is 3.11. The fourth-order valence-electron chi connectivity index (χ4n) is 2.73. The summed E-state index contributed by atoms with van der Waals surface area (Å²) in [5, 5.41) is 2.74. The van der Waals surface area contributed by atoms with Gasteiger partial charge in [-0.3, -0.25) is 4.79 Å². The van der Waals surface area contributed by atoms with E-state index in [2.05, 4.69) is 10.3 Å². The van der Waals surface area contributed by atoms with Gasteiger partial charge in [0.15, 0.2) is 11.8 Å². The van der Waals surface area contributed by atoms with Gasteiger partial charge in [-0.1, -0.05) is 30.3 Å². The molecule has 3 aromatic rings. The van der Waals surface area contributed by atoms with Gasteiger partial charge in [0.05, 0.1) is 6.04 Å². The molecule has 0 bridgehead atoms. The van der Waals surface area contributed by atoms with Gasteiger partial charge in [-0.25, -0.2) is 14.2 Å². The molecule has 0 saturated carbocycles. The average molecular weight is 396 g/mol. The molecule has 1 amide bonds. The second kappa shape index (κ2) is 8.68. The van der Waals surface area contributed by atoms with Crippen LogP contribution in [-0.4, -0.2) is 23.0 Å². The molecule has 0 aliphatic rings. The number of halogens is 1. The molecule has 2 aromatic carbocycles. The highest BCUT2D eigenvalue weighted by Gasteiger charge is 2.25. The SMILES string of the molecule is Cc1oc(-c2ccccc2)nc1C(=O)O[C@H](C)C(=O)N[C@H](C)c1ccc(F)cc1. The summed E-state index contributed by atoms with van der Waals surface area (Å²) in [6.45, 7) is 4.84. The Kier molecular flexibility index (Phi) is 6.07. The number of aromatic nitrogens is 1. The molecule has 0 radical (unpaired) electrons. The first-order valence-corrected chi connectivity index (χ1v) is 9.15. The third kappa shape index (κ3) is 4.87. The first-order valence-electron chi connectivity index (χ1n) is 9.15. The van der Waals surface area contributed by atoms with Crippen LogP contribution in [0.3, 0.4) is 0 Å². The highest BCUT2D eigenvalue weighted by atomic mass is 19.1. The topological polar surface area (TPSA) is 81.4 Å². The van der Waals surface area contributed by atoms with E-state index in [4.69, 9.17) is 9.15 Å². The first kappa shape index (κ1) is 20.3. The van der Waals surface area contributed by atoms with Gasteiger partial charge in [0, 0.05) is 5.56 Å². The molecule has 0 saturated heterocycles. The molecule has 150 valence electrons. The number of benzene rings is 2. The Morgan fingerprint density at radius 1 is 1.07 bits per heavy atom. The Bertz CT molecular complexity index is 999. The van der Waals surface area contributed by atoms with Crippen LogP contribution < -0.4 is 5.32 Å². The Hall–Kier alpha value is -3.48. The van der Waals surface area contributed by atoms with Crippen LogP contribution in [0.1, 0.15) is 41.7 Å². The van der Waals surface area contributed by atoms with Crippen LogP contribution in [0.5, 0.6) is 0 Å². The second-order valence-electron chi connectivity index (χ2n) is 6.62. The summed E-state index contributed by atoms with van der Waals surface area (Å²) in [5.74, 6) is -0.962. The lowest BCUT2D eigenvalue weighted by molar-refractivity contribution is -0.129. The van der Waals surface area contributed by atoms with E-state index < -0.39 is 18.0 Å². The van der Waals surface area contributed by atoms with Crippen LogP contribution in [0.4, 0.5) is 4.39 Å². The van der Waals surface area contributed by atoms with Crippen molar-refractivity contribution in [1.82, 2.24) is 10.3 Å². The van der Waals surface area contributed by atoms with Crippen molar-refractivity contribution < 1.29 is 23.1 Å². The molecule has 1 heterocycles. The van der Waals surface area contributed by atoms with Gasteiger partial charge in [-0.15, -0.1) is 0 Å². The molecule has 1 aromatic heterocycles. The van der Waals surface area contributed by atoms with E-state index in [-0.39, 0.29) is 17.6 Å². The lowest BCUT2D eigenvalue weighted by Gasteiger charge is -2.18. The molecule has 2 atom stereocenters. The van der Waals surface area contributed by atoms with Gasteiger partial charge in [0.25, 0.3) is 5.91 Å². The number of oxazole rings is 1. The zero-order chi connectivity index (χ0) is 21.0. The fraction of sp³-hybridized carbons (Fsp3) is 0.227. The lowest BCUT2D eigenvalue weighted by Crippen LogP contribution is -2.37.